The zero-order chi connectivity index (χ0) is 13.0. The molecule has 0 saturated heterocycles. The molecular formula is C13H20N4S. The number of hydrogen-bond acceptors (Lipinski definition) is 4. The molecule has 1 N–H and O–H groups in total. The van der Waals surface area contributed by atoms with Crippen LogP contribution in [-0.2, 0) is 13.1 Å². The highest BCUT2D eigenvalue weighted by Crippen LogP contribution is 2.11. The first-order valence-corrected chi connectivity index (χ1v) is 7.15. The Balaban J connectivity index is 1.88. The standard InChI is InChI=1S/C13H20N4S/c1-10(2)6-14-7-13-16-12(9-18-13)8-17-5-4-15-11(17)3/h4-5,9-10,14H,6-8H2,1-3H3. The summed E-state index contributed by atoms with van der Waals surface area (Å²) in [6.45, 7) is 9.15. The molecule has 0 aliphatic rings. The topological polar surface area (TPSA) is 42.7 Å². The van der Waals surface area contributed by atoms with Crippen LogP contribution in [0.15, 0.2) is 17.8 Å². The van der Waals surface area contributed by atoms with Crippen molar-refractivity contribution in [3.8, 4) is 0 Å². The summed E-state index contributed by atoms with van der Waals surface area (Å²) in [5.74, 6) is 1.71. The molecule has 2 aromatic rings. The minimum absolute atomic E-state index is 0.679. The molecule has 0 radical (unpaired) electrons. The maximum Gasteiger partial charge on any atom is 0.107 e. The Morgan fingerprint density at radius 3 is 2.94 bits per heavy atom. The number of nitrogens with zero attached hydrogens (tertiary/aromatic N) is 3. The van der Waals surface area contributed by atoms with Crippen molar-refractivity contribution in [1.82, 2.24) is 19.9 Å². The summed E-state index contributed by atoms with van der Waals surface area (Å²) < 4.78 is 2.11. The Labute approximate surface area is 112 Å². The van der Waals surface area contributed by atoms with Gasteiger partial charge in [-0.2, -0.15) is 0 Å². The third-order valence-corrected chi connectivity index (χ3v) is 3.58. The predicted octanol–water partition coefficient (Wildman–Crippen LogP) is 2.44. The molecule has 0 atom stereocenters. The van der Waals surface area contributed by atoms with Gasteiger partial charge >= 0.3 is 0 Å². The van der Waals surface area contributed by atoms with Gasteiger partial charge in [0.2, 0.25) is 0 Å². The van der Waals surface area contributed by atoms with Crippen LogP contribution in [0.3, 0.4) is 0 Å². The van der Waals surface area contributed by atoms with Crippen LogP contribution in [0, 0.1) is 12.8 Å². The Morgan fingerprint density at radius 1 is 1.44 bits per heavy atom. The second kappa shape index (κ2) is 6.11. The lowest BCUT2D eigenvalue weighted by Gasteiger charge is -2.04. The molecule has 0 aliphatic heterocycles. The Morgan fingerprint density at radius 2 is 2.28 bits per heavy atom. The number of thiazole rings is 1. The molecule has 0 saturated carbocycles. The van der Waals surface area contributed by atoms with Crippen molar-refractivity contribution in [2.24, 2.45) is 5.92 Å². The van der Waals surface area contributed by atoms with Crippen LogP contribution in [0.1, 0.15) is 30.4 Å². The largest absolute Gasteiger partial charge is 0.329 e. The normalized spacial score (nSPS) is 11.3. The highest BCUT2D eigenvalue weighted by atomic mass is 32.1. The van der Waals surface area contributed by atoms with Crippen molar-refractivity contribution in [1.29, 1.82) is 0 Å². The van der Waals surface area contributed by atoms with Crippen molar-refractivity contribution < 1.29 is 0 Å². The van der Waals surface area contributed by atoms with Crippen molar-refractivity contribution in [2.75, 3.05) is 6.54 Å². The fourth-order valence-electron chi connectivity index (χ4n) is 1.72. The van der Waals surface area contributed by atoms with E-state index < -0.39 is 0 Å². The number of rotatable bonds is 6. The zero-order valence-corrected chi connectivity index (χ0v) is 12.0. The first-order chi connectivity index (χ1) is 8.65. The van der Waals surface area contributed by atoms with Gasteiger partial charge < -0.3 is 9.88 Å². The SMILES string of the molecule is Cc1nccn1Cc1csc(CNCC(C)C)n1. The van der Waals surface area contributed by atoms with Crippen molar-refractivity contribution >= 4 is 11.3 Å². The van der Waals surface area contributed by atoms with Crippen molar-refractivity contribution in [3.05, 3.63) is 34.3 Å². The van der Waals surface area contributed by atoms with Gasteiger partial charge in [-0.1, -0.05) is 13.8 Å². The molecule has 2 aromatic heterocycles. The molecular weight excluding hydrogens is 244 g/mol. The average molecular weight is 264 g/mol. The van der Waals surface area contributed by atoms with E-state index in [0.717, 1.165) is 36.2 Å². The van der Waals surface area contributed by atoms with Gasteiger partial charge in [0.15, 0.2) is 0 Å². The van der Waals surface area contributed by atoms with E-state index >= 15 is 0 Å². The quantitative estimate of drug-likeness (QED) is 0.871. The molecule has 4 nitrogen and oxygen atoms in total. The zero-order valence-electron chi connectivity index (χ0n) is 11.2. The smallest absolute Gasteiger partial charge is 0.107 e. The molecule has 0 bridgehead atoms. The van der Waals surface area contributed by atoms with Crippen LogP contribution in [0.5, 0.6) is 0 Å². The van der Waals surface area contributed by atoms with Gasteiger partial charge in [0.1, 0.15) is 10.8 Å². The van der Waals surface area contributed by atoms with Crippen LogP contribution in [0.25, 0.3) is 0 Å². The minimum Gasteiger partial charge on any atom is -0.329 e. The monoisotopic (exact) mass is 264 g/mol. The lowest BCUT2D eigenvalue weighted by Crippen LogP contribution is -2.18. The van der Waals surface area contributed by atoms with Gasteiger partial charge in [0.25, 0.3) is 0 Å². The van der Waals surface area contributed by atoms with Gasteiger partial charge in [0, 0.05) is 24.3 Å². The molecule has 18 heavy (non-hydrogen) atoms. The summed E-state index contributed by atoms with van der Waals surface area (Å²) in [5.41, 5.74) is 1.11. The van der Waals surface area contributed by atoms with E-state index in [2.05, 4.69) is 39.1 Å². The van der Waals surface area contributed by atoms with E-state index in [0.29, 0.717) is 5.92 Å². The van der Waals surface area contributed by atoms with E-state index in [1.165, 1.54) is 0 Å². The predicted molar refractivity (Wildman–Crippen MR) is 74.7 cm³/mol. The Hall–Kier alpha value is -1.20. The molecule has 0 unspecified atom stereocenters. The van der Waals surface area contributed by atoms with Crippen molar-refractivity contribution in [3.63, 3.8) is 0 Å². The first-order valence-electron chi connectivity index (χ1n) is 6.27. The third kappa shape index (κ3) is 3.65. The maximum absolute atomic E-state index is 4.63. The maximum atomic E-state index is 4.63. The number of hydrogen-bond donors (Lipinski definition) is 1. The highest BCUT2D eigenvalue weighted by molar-refractivity contribution is 7.09. The molecule has 2 heterocycles. The van der Waals surface area contributed by atoms with Crippen LogP contribution in [0.4, 0.5) is 0 Å². The van der Waals surface area contributed by atoms with Gasteiger partial charge in [-0.3, -0.25) is 0 Å². The van der Waals surface area contributed by atoms with E-state index in [-0.39, 0.29) is 0 Å². The number of aromatic nitrogens is 3. The van der Waals surface area contributed by atoms with Gasteiger partial charge in [-0.05, 0) is 19.4 Å². The van der Waals surface area contributed by atoms with E-state index in [9.17, 15) is 0 Å². The lowest BCUT2D eigenvalue weighted by molar-refractivity contribution is 0.551. The summed E-state index contributed by atoms with van der Waals surface area (Å²) in [4.78, 5) is 8.85. The summed E-state index contributed by atoms with van der Waals surface area (Å²) in [6, 6.07) is 0. The fraction of sp³-hybridized carbons (Fsp3) is 0.538. The Kier molecular flexibility index (Phi) is 4.49. The van der Waals surface area contributed by atoms with Gasteiger partial charge in [0.05, 0.1) is 12.2 Å². The molecule has 98 valence electrons. The molecule has 5 heteroatoms. The van der Waals surface area contributed by atoms with E-state index in [1.54, 1.807) is 11.3 Å². The van der Waals surface area contributed by atoms with Crippen molar-refractivity contribution in [2.45, 2.75) is 33.9 Å². The van der Waals surface area contributed by atoms with Crippen LogP contribution in [0.2, 0.25) is 0 Å². The molecule has 2 rings (SSSR count). The third-order valence-electron chi connectivity index (χ3n) is 2.68. The molecule has 0 aromatic carbocycles. The Bertz CT molecular complexity index is 487. The number of nitrogens with one attached hydrogen (secondary N) is 1. The minimum atomic E-state index is 0.679. The van der Waals surface area contributed by atoms with Crippen LogP contribution < -0.4 is 5.32 Å². The second-order valence-electron chi connectivity index (χ2n) is 4.86. The van der Waals surface area contributed by atoms with E-state index in [4.69, 9.17) is 0 Å². The van der Waals surface area contributed by atoms with Gasteiger partial charge in [-0.25, -0.2) is 9.97 Å². The van der Waals surface area contributed by atoms with E-state index in [1.807, 2.05) is 19.3 Å². The number of aryl methyl sites for hydroxylation is 1. The molecule has 0 fully saturated rings. The molecule has 0 spiro atoms. The summed E-state index contributed by atoms with van der Waals surface area (Å²) in [7, 11) is 0. The van der Waals surface area contributed by atoms with Crippen LogP contribution in [-0.4, -0.2) is 21.1 Å². The summed E-state index contributed by atoms with van der Waals surface area (Å²) in [6.07, 6.45) is 3.82. The second-order valence-corrected chi connectivity index (χ2v) is 5.80. The fourth-order valence-corrected chi connectivity index (χ4v) is 2.47. The number of imidazole rings is 1. The molecule has 0 aliphatic carbocycles. The average Bonchev–Trinajstić information content (AvgIpc) is 2.90. The lowest BCUT2D eigenvalue weighted by atomic mass is 10.2. The van der Waals surface area contributed by atoms with Gasteiger partial charge in [-0.15, -0.1) is 11.3 Å². The highest BCUT2D eigenvalue weighted by Gasteiger charge is 2.04. The first kappa shape index (κ1) is 13.2. The van der Waals surface area contributed by atoms with Crippen LogP contribution >= 0.6 is 11.3 Å². The summed E-state index contributed by atoms with van der Waals surface area (Å²) >= 11 is 1.72. The summed E-state index contributed by atoms with van der Waals surface area (Å²) in [5, 5.41) is 6.70. The molecule has 0 amide bonds.